The van der Waals surface area contributed by atoms with E-state index < -0.39 is 0 Å². The molecule has 3 N–H and O–H groups in total. The zero-order chi connectivity index (χ0) is 11.4. The highest BCUT2D eigenvalue weighted by Gasteiger charge is 2.04. The Morgan fingerprint density at radius 1 is 1.44 bits per heavy atom. The van der Waals surface area contributed by atoms with Gasteiger partial charge in [-0.3, -0.25) is 0 Å². The average molecular weight is 237 g/mol. The minimum Gasteiger partial charge on any atom is -0.416 e. The van der Waals surface area contributed by atoms with Gasteiger partial charge in [0.05, 0.1) is 5.69 Å². The van der Waals surface area contributed by atoms with Gasteiger partial charge in [0.1, 0.15) is 5.82 Å². The summed E-state index contributed by atoms with van der Waals surface area (Å²) < 4.78 is 5.23. The number of hydrogen-bond donors (Lipinski definition) is 2. The first-order valence-corrected chi connectivity index (χ1v) is 5.62. The Kier molecular flexibility index (Phi) is 3.37. The number of rotatable bonds is 4. The van der Waals surface area contributed by atoms with E-state index in [2.05, 4.69) is 20.6 Å². The van der Waals surface area contributed by atoms with Crippen molar-refractivity contribution in [2.45, 2.75) is 17.9 Å². The predicted molar refractivity (Wildman–Crippen MR) is 60.6 cm³/mol. The first-order chi connectivity index (χ1) is 7.78. The van der Waals surface area contributed by atoms with E-state index >= 15 is 0 Å². The minimum absolute atomic E-state index is 0.547. The van der Waals surface area contributed by atoms with Gasteiger partial charge < -0.3 is 9.84 Å². The summed E-state index contributed by atoms with van der Waals surface area (Å²) in [5, 5.41) is 8.17. The number of nitrogens with two attached hydrogens (primary N) is 1. The number of pyridine rings is 1. The lowest BCUT2D eigenvalue weighted by atomic mass is 10.4. The normalized spacial score (nSPS) is 10.4. The molecule has 0 aromatic carbocycles. The summed E-state index contributed by atoms with van der Waals surface area (Å²) in [6.07, 6.45) is 0. The molecule has 2 aromatic rings. The largest absolute Gasteiger partial charge is 0.416 e. The number of thioether (sulfide) groups is 1. The second kappa shape index (κ2) is 4.95. The lowest BCUT2D eigenvalue weighted by Crippen LogP contribution is -2.08. The predicted octanol–water partition coefficient (Wildman–Crippen LogP) is 1.35. The number of hydrazine groups is 1. The van der Waals surface area contributed by atoms with Crippen molar-refractivity contribution in [3.63, 3.8) is 0 Å². The molecule has 0 saturated heterocycles. The second-order valence-electron chi connectivity index (χ2n) is 3.03. The monoisotopic (exact) mass is 237 g/mol. The topological polar surface area (TPSA) is 89.9 Å². The molecule has 0 aliphatic carbocycles. The molecule has 0 fully saturated rings. The van der Waals surface area contributed by atoms with Gasteiger partial charge in [0.25, 0.3) is 5.22 Å². The van der Waals surface area contributed by atoms with Gasteiger partial charge in [-0.15, -0.1) is 10.2 Å². The first-order valence-electron chi connectivity index (χ1n) is 4.63. The molecular formula is C9H11N5OS. The van der Waals surface area contributed by atoms with E-state index in [9.17, 15) is 0 Å². The van der Waals surface area contributed by atoms with Gasteiger partial charge in [-0.2, -0.15) is 0 Å². The van der Waals surface area contributed by atoms with Crippen molar-refractivity contribution >= 4 is 17.6 Å². The van der Waals surface area contributed by atoms with Gasteiger partial charge in [0, 0.05) is 12.7 Å². The fourth-order valence-corrected chi connectivity index (χ4v) is 1.82. The van der Waals surface area contributed by atoms with Gasteiger partial charge >= 0.3 is 0 Å². The van der Waals surface area contributed by atoms with Crippen molar-refractivity contribution in [3.8, 4) is 0 Å². The van der Waals surface area contributed by atoms with Crippen molar-refractivity contribution in [2.75, 3.05) is 5.43 Å². The Hall–Kier alpha value is -1.60. The molecule has 7 heteroatoms. The Labute approximate surface area is 96.6 Å². The third-order valence-corrected chi connectivity index (χ3v) is 2.66. The Bertz CT molecular complexity index is 472. The number of anilines is 1. The molecule has 16 heavy (non-hydrogen) atoms. The van der Waals surface area contributed by atoms with Crippen LogP contribution in [0.15, 0.2) is 27.8 Å². The van der Waals surface area contributed by atoms with Gasteiger partial charge in [0.15, 0.2) is 0 Å². The van der Waals surface area contributed by atoms with Gasteiger partial charge in [0.2, 0.25) is 5.89 Å². The second-order valence-corrected chi connectivity index (χ2v) is 3.96. The molecule has 0 aliphatic heterocycles. The van der Waals surface area contributed by atoms with E-state index in [4.69, 9.17) is 10.3 Å². The van der Waals surface area contributed by atoms with Crippen LogP contribution in [0, 0.1) is 6.92 Å². The zero-order valence-corrected chi connectivity index (χ0v) is 9.49. The highest BCUT2D eigenvalue weighted by molar-refractivity contribution is 7.98. The number of nitrogens with zero attached hydrogens (tertiary/aromatic N) is 3. The van der Waals surface area contributed by atoms with Crippen LogP contribution in [-0.4, -0.2) is 15.2 Å². The summed E-state index contributed by atoms with van der Waals surface area (Å²) in [6, 6.07) is 5.60. The lowest BCUT2D eigenvalue weighted by Gasteiger charge is -2.01. The number of aromatic nitrogens is 3. The Balaban J connectivity index is 1.99. The summed E-state index contributed by atoms with van der Waals surface area (Å²) >= 11 is 1.44. The third kappa shape index (κ3) is 2.71. The SMILES string of the molecule is Cc1nnc(SCc2cccc(NN)n2)o1. The van der Waals surface area contributed by atoms with Crippen molar-refractivity contribution in [2.24, 2.45) is 5.84 Å². The van der Waals surface area contributed by atoms with Crippen LogP contribution in [0.5, 0.6) is 0 Å². The van der Waals surface area contributed by atoms with E-state index in [1.54, 1.807) is 13.0 Å². The van der Waals surface area contributed by atoms with E-state index in [1.807, 2.05) is 12.1 Å². The molecule has 0 unspecified atom stereocenters. The third-order valence-electron chi connectivity index (χ3n) is 1.81. The van der Waals surface area contributed by atoms with Crippen LogP contribution in [0.3, 0.4) is 0 Å². The number of nitrogen functional groups attached to an aromatic ring is 1. The smallest absolute Gasteiger partial charge is 0.276 e. The van der Waals surface area contributed by atoms with E-state index in [0.29, 0.717) is 22.7 Å². The van der Waals surface area contributed by atoms with Crippen LogP contribution >= 0.6 is 11.8 Å². The van der Waals surface area contributed by atoms with Crippen molar-refractivity contribution in [3.05, 3.63) is 29.8 Å². The van der Waals surface area contributed by atoms with Gasteiger partial charge in [-0.1, -0.05) is 17.8 Å². The fraction of sp³-hybridized carbons (Fsp3) is 0.222. The Morgan fingerprint density at radius 3 is 3.00 bits per heavy atom. The van der Waals surface area contributed by atoms with Crippen molar-refractivity contribution in [1.29, 1.82) is 0 Å². The summed E-state index contributed by atoms with van der Waals surface area (Å²) in [4.78, 5) is 4.27. The maximum Gasteiger partial charge on any atom is 0.276 e. The fourth-order valence-electron chi connectivity index (χ4n) is 1.11. The van der Waals surface area contributed by atoms with Crippen LogP contribution in [0.2, 0.25) is 0 Å². The molecule has 2 aromatic heterocycles. The van der Waals surface area contributed by atoms with Gasteiger partial charge in [-0.25, -0.2) is 10.8 Å². The molecule has 84 valence electrons. The molecule has 0 bridgehead atoms. The maximum absolute atomic E-state index is 5.27. The summed E-state index contributed by atoms with van der Waals surface area (Å²) in [6.45, 7) is 1.76. The van der Waals surface area contributed by atoms with Crippen LogP contribution in [0.25, 0.3) is 0 Å². The quantitative estimate of drug-likeness (QED) is 0.471. The van der Waals surface area contributed by atoms with E-state index in [0.717, 1.165) is 5.69 Å². The highest BCUT2D eigenvalue weighted by atomic mass is 32.2. The van der Waals surface area contributed by atoms with Crippen molar-refractivity contribution < 1.29 is 4.42 Å². The van der Waals surface area contributed by atoms with Crippen LogP contribution in [-0.2, 0) is 5.75 Å². The maximum atomic E-state index is 5.27. The molecule has 0 atom stereocenters. The molecule has 0 amide bonds. The summed E-state index contributed by atoms with van der Waals surface area (Å²) in [5.41, 5.74) is 3.40. The minimum atomic E-state index is 0.547. The lowest BCUT2D eigenvalue weighted by molar-refractivity contribution is 0.429. The summed E-state index contributed by atoms with van der Waals surface area (Å²) in [7, 11) is 0. The zero-order valence-electron chi connectivity index (χ0n) is 8.67. The number of aryl methyl sites for hydroxylation is 1. The Morgan fingerprint density at radius 2 is 2.31 bits per heavy atom. The summed E-state index contributed by atoms with van der Waals surface area (Å²) in [5.74, 6) is 7.13. The van der Waals surface area contributed by atoms with Crippen LogP contribution in [0.1, 0.15) is 11.6 Å². The van der Waals surface area contributed by atoms with E-state index in [1.165, 1.54) is 11.8 Å². The molecule has 0 spiro atoms. The molecular weight excluding hydrogens is 226 g/mol. The highest BCUT2D eigenvalue weighted by Crippen LogP contribution is 2.20. The molecule has 0 aliphatic rings. The molecule has 2 rings (SSSR count). The van der Waals surface area contributed by atoms with Crippen LogP contribution < -0.4 is 11.3 Å². The molecule has 0 saturated carbocycles. The van der Waals surface area contributed by atoms with E-state index in [-0.39, 0.29) is 0 Å². The number of nitrogens with one attached hydrogen (secondary N) is 1. The first kappa shape index (κ1) is 10.9. The molecule has 2 heterocycles. The van der Waals surface area contributed by atoms with Gasteiger partial charge in [-0.05, 0) is 12.1 Å². The molecule has 0 radical (unpaired) electrons. The standard InChI is InChI=1S/C9H11N5OS/c1-6-13-14-9(15-6)16-5-7-3-2-4-8(11-7)12-10/h2-4H,5,10H2,1H3,(H,11,12). The number of hydrogen-bond acceptors (Lipinski definition) is 7. The van der Waals surface area contributed by atoms with Crippen LogP contribution in [0.4, 0.5) is 5.82 Å². The van der Waals surface area contributed by atoms with Crippen molar-refractivity contribution in [1.82, 2.24) is 15.2 Å². The average Bonchev–Trinajstić information content (AvgIpc) is 2.73. The molecule has 6 nitrogen and oxygen atoms in total.